The molecular formula is C50H38N12. The van der Waals surface area contributed by atoms with Gasteiger partial charge in [-0.3, -0.25) is 0 Å². The Morgan fingerprint density at radius 3 is 0.694 bits per heavy atom. The molecule has 12 heteroatoms. The minimum atomic E-state index is -0.551. The molecule has 0 saturated heterocycles. The van der Waals surface area contributed by atoms with E-state index in [1.807, 2.05) is 49.1 Å². The zero-order chi connectivity index (χ0) is 41.0. The van der Waals surface area contributed by atoms with Gasteiger partial charge in [0.15, 0.2) is 35.6 Å². The van der Waals surface area contributed by atoms with Crippen molar-refractivity contribution in [3.05, 3.63) is 219 Å². The summed E-state index contributed by atoms with van der Waals surface area (Å²) in [6.07, 6.45) is 14.6. The quantitative estimate of drug-likeness (QED) is 0.143. The third kappa shape index (κ3) is 5.54. The first-order chi connectivity index (χ1) is 30.8. The van der Waals surface area contributed by atoms with Gasteiger partial charge in [-0.15, -0.1) is 0 Å². The lowest BCUT2D eigenvalue weighted by molar-refractivity contribution is 0.377. The summed E-state index contributed by atoms with van der Waals surface area (Å²) in [7, 11) is 0. The lowest BCUT2D eigenvalue weighted by atomic mass is 10.2. The normalized spacial score (nSPS) is 13.9. The van der Waals surface area contributed by atoms with Gasteiger partial charge in [-0.2, -0.15) is 0 Å². The Morgan fingerprint density at radius 1 is 0.258 bits per heavy atom. The van der Waals surface area contributed by atoms with Crippen molar-refractivity contribution < 1.29 is 0 Å². The van der Waals surface area contributed by atoms with Crippen LogP contribution in [0.2, 0.25) is 0 Å². The van der Waals surface area contributed by atoms with E-state index >= 15 is 0 Å². The van der Waals surface area contributed by atoms with Crippen molar-refractivity contribution in [3.63, 3.8) is 0 Å². The van der Waals surface area contributed by atoms with Crippen molar-refractivity contribution in [3.8, 4) is 45.6 Å². The largest absolute Gasteiger partial charge is 0.249 e. The first-order valence-electron chi connectivity index (χ1n) is 20.5. The number of hydrogen-bond donors (Lipinski definition) is 0. The van der Waals surface area contributed by atoms with E-state index < -0.39 is 12.3 Å². The summed E-state index contributed by atoms with van der Waals surface area (Å²) < 4.78 is 8.76. The molecule has 10 aromatic rings. The molecule has 6 aromatic carbocycles. The molecule has 298 valence electrons. The molecule has 2 aliphatic heterocycles. The van der Waals surface area contributed by atoms with E-state index in [-0.39, 0.29) is 0 Å². The molecule has 62 heavy (non-hydrogen) atoms. The molecule has 0 amide bonds. The number of anilines is 4. The van der Waals surface area contributed by atoms with Crippen molar-refractivity contribution in [2.75, 3.05) is 20.0 Å². The lowest BCUT2D eigenvalue weighted by Crippen LogP contribution is -2.65. The van der Waals surface area contributed by atoms with E-state index in [1.54, 1.807) is 0 Å². The summed E-state index contributed by atoms with van der Waals surface area (Å²) in [5, 5.41) is 9.48. The summed E-state index contributed by atoms with van der Waals surface area (Å²) in [4.78, 5) is 20.1. The molecule has 0 spiro atoms. The van der Waals surface area contributed by atoms with Gasteiger partial charge in [0.25, 0.3) is 0 Å². The molecule has 0 aliphatic carbocycles. The van der Waals surface area contributed by atoms with E-state index in [0.717, 1.165) is 68.3 Å². The van der Waals surface area contributed by atoms with Gasteiger partial charge in [-0.1, -0.05) is 146 Å². The topological polar surface area (TPSA) is 84.2 Å². The molecule has 0 radical (unpaired) electrons. The number of fused-ring (bicyclic) bond motifs is 2. The van der Waals surface area contributed by atoms with Crippen molar-refractivity contribution in [1.82, 2.24) is 38.6 Å². The van der Waals surface area contributed by atoms with Crippen LogP contribution >= 0.6 is 0 Å². The van der Waals surface area contributed by atoms with Gasteiger partial charge in [0, 0.05) is 71.8 Å². The highest BCUT2D eigenvalue weighted by atomic mass is 15.8. The van der Waals surface area contributed by atoms with E-state index in [4.69, 9.17) is 19.9 Å². The molecule has 6 heterocycles. The van der Waals surface area contributed by atoms with E-state index in [0.29, 0.717) is 0 Å². The average Bonchev–Trinajstić information content (AvgIpc) is 4.21. The summed E-state index contributed by atoms with van der Waals surface area (Å²) >= 11 is 0. The Balaban J connectivity index is 1.18. The van der Waals surface area contributed by atoms with Crippen LogP contribution in [0.4, 0.5) is 22.7 Å². The molecular weight excluding hydrogens is 769 g/mol. The Morgan fingerprint density at radius 2 is 0.468 bits per heavy atom. The Bertz CT molecular complexity index is 2710. The second-order valence-corrected chi connectivity index (χ2v) is 15.0. The van der Waals surface area contributed by atoms with Gasteiger partial charge >= 0.3 is 0 Å². The first kappa shape index (κ1) is 35.3. The molecule has 0 unspecified atom stereocenters. The van der Waals surface area contributed by atoms with Gasteiger partial charge in [-0.05, 0) is 24.3 Å². The molecule has 0 saturated carbocycles. The smallest absolute Gasteiger partial charge is 0.183 e. The number of rotatable bonds is 9. The zero-order valence-electron chi connectivity index (χ0n) is 33.3. The number of para-hydroxylation sites is 4. The fourth-order valence-corrected chi connectivity index (χ4v) is 9.02. The zero-order valence-corrected chi connectivity index (χ0v) is 33.3. The molecule has 0 bridgehead atoms. The number of aromatic nitrogens is 8. The lowest BCUT2D eigenvalue weighted by Gasteiger charge is -2.45. The minimum absolute atomic E-state index is 0.551. The van der Waals surface area contributed by atoms with Crippen LogP contribution in [-0.2, 0) is 0 Å². The molecule has 0 N–H and O–H groups in total. The summed E-state index contributed by atoms with van der Waals surface area (Å²) in [5.74, 6) is 3.20. The average molecular weight is 807 g/mol. The predicted octanol–water partition coefficient (Wildman–Crippen LogP) is 9.60. The summed E-state index contributed by atoms with van der Waals surface area (Å²) in [6, 6.07) is 58.6. The maximum atomic E-state index is 5.03. The molecule has 0 atom stereocenters. The second kappa shape index (κ2) is 14.6. The summed E-state index contributed by atoms with van der Waals surface area (Å²) in [6.45, 7) is 0. The maximum absolute atomic E-state index is 5.03. The molecule has 0 fully saturated rings. The maximum Gasteiger partial charge on any atom is 0.183 e. The molecule has 4 aromatic heterocycles. The second-order valence-electron chi connectivity index (χ2n) is 15.0. The van der Waals surface area contributed by atoms with Crippen LogP contribution in [0, 0.1) is 0 Å². The van der Waals surface area contributed by atoms with Crippen LogP contribution in [0.5, 0.6) is 0 Å². The van der Waals surface area contributed by atoms with Crippen molar-refractivity contribution in [2.24, 2.45) is 0 Å². The molecule has 12 nitrogen and oxygen atoms in total. The van der Waals surface area contributed by atoms with Crippen LogP contribution in [0.3, 0.4) is 0 Å². The highest BCUT2D eigenvalue weighted by Gasteiger charge is 2.54. The number of benzene rings is 6. The van der Waals surface area contributed by atoms with Crippen LogP contribution in [0.15, 0.2) is 219 Å². The fraction of sp³-hybridized carbons (Fsp3) is 0.0400. The van der Waals surface area contributed by atoms with Crippen molar-refractivity contribution in [2.45, 2.75) is 12.3 Å². The van der Waals surface area contributed by atoms with Gasteiger partial charge in [0.1, 0.15) is 0 Å². The van der Waals surface area contributed by atoms with Gasteiger partial charge in [0.2, 0.25) is 0 Å². The minimum Gasteiger partial charge on any atom is -0.249 e. The van der Waals surface area contributed by atoms with Crippen LogP contribution in [-0.4, -0.2) is 51.0 Å². The predicted molar refractivity (Wildman–Crippen MR) is 243 cm³/mol. The van der Waals surface area contributed by atoms with E-state index in [1.165, 1.54) is 0 Å². The first-order valence-corrected chi connectivity index (χ1v) is 20.5. The standard InChI is InChI=1S/C50H38N12/c1-5-17-37(18-6-1)45-51-29-33-55(45)59-41-25-13-14-26-42(41)60(56-34-30-52-46(56)38-19-7-2-8-20-38)49(59)50-61(57-35-31-53-47(57)39-21-9-3-10-22-39)43-27-15-16-28-44(43)62(50)58-36-32-54-48(58)40-23-11-4-12-24-40/h1-36,49-50H. The van der Waals surface area contributed by atoms with Crippen LogP contribution < -0.4 is 20.0 Å². The third-order valence-corrected chi connectivity index (χ3v) is 11.6. The van der Waals surface area contributed by atoms with Gasteiger partial charge < -0.3 is 0 Å². The number of nitrogens with zero attached hydrogens (tertiary/aromatic N) is 12. The SMILES string of the molecule is c1ccc(-c2nccn2N2c3ccccc3N(n3ccnc3-c3ccccc3)C2C2N(n3ccnc3-c3ccccc3)c3ccccc3N2n2ccnc2-c2ccccc2)cc1. The van der Waals surface area contributed by atoms with Crippen molar-refractivity contribution in [1.29, 1.82) is 0 Å². The van der Waals surface area contributed by atoms with Gasteiger partial charge in [0.05, 0.1) is 22.7 Å². The highest BCUT2D eigenvalue weighted by molar-refractivity contribution is 5.84. The van der Waals surface area contributed by atoms with E-state index in [9.17, 15) is 0 Å². The Hall–Kier alpha value is -8.64. The van der Waals surface area contributed by atoms with E-state index in [2.05, 4.69) is 209 Å². The van der Waals surface area contributed by atoms with Crippen LogP contribution in [0.25, 0.3) is 45.6 Å². The number of imidazole rings is 4. The fourth-order valence-electron chi connectivity index (χ4n) is 9.02. The Labute approximate surface area is 357 Å². The Kier molecular flexibility index (Phi) is 8.30. The summed E-state index contributed by atoms with van der Waals surface area (Å²) in [5.41, 5.74) is 7.90. The van der Waals surface area contributed by atoms with Gasteiger partial charge in [-0.25, -0.2) is 58.7 Å². The molecule has 12 rings (SSSR count). The van der Waals surface area contributed by atoms with Crippen LogP contribution in [0.1, 0.15) is 0 Å². The number of hydrogen-bond acceptors (Lipinski definition) is 8. The highest BCUT2D eigenvalue weighted by Crippen LogP contribution is 2.50. The van der Waals surface area contributed by atoms with Crippen molar-refractivity contribution >= 4 is 22.7 Å². The third-order valence-electron chi connectivity index (χ3n) is 11.6. The monoisotopic (exact) mass is 806 g/mol. The molecule has 2 aliphatic rings.